The second-order valence-electron chi connectivity index (χ2n) is 3.60. The number of hydrogen-bond donors (Lipinski definition) is 0. The number of hydrogen-bond acceptors (Lipinski definition) is 1. The molecule has 2 aromatic carbocycles. The molecule has 0 heterocycles. The molecule has 106 valence electrons. The van der Waals surface area contributed by atoms with Crippen molar-refractivity contribution in [2.24, 2.45) is 0 Å². The molecule has 0 saturated carbocycles. The summed E-state index contributed by atoms with van der Waals surface area (Å²) in [6.07, 6.45) is 0. The lowest BCUT2D eigenvalue weighted by atomic mass is 10.3. The van der Waals surface area contributed by atoms with Crippen LogP contribution in [0.15, 0.2) is 18.2 Å². The SMILES string of the molecule is Clc1cc(Cl)c(Cl)c(Oc2c(Cl)c(Cl)cc(Cl)c2Cl)c1. The first-order valence-electron chi connectivity index (χ1n) is 4.96. The molecule has 0 fully saturated rings. The summed E-state index contributed by atoms with van der Waals surface area (Å²) >= 11 is 41.8. The Morgan fingerprint density at radius 1 is 0.600 bits per heavy atom. The van der Waals surface area contributed by atoms with Crippen LogP contribution in [0.5, 0.6) is 11.5 Å². The summed E-state index contributed by atoms with van der Waals surface area (Å²) in [6.45, 7) is 0. The maximum Gasteiger partial charge on any atom is 0.167 e. The minimum atomic E-state index is 0.0751. The van der Waals surface area contributed by atoms with Crippen LogP contribution in [-0.4, -0.2) is 0 Å². The molecule has 20 heavy (non-hydrogen) atoms. The Hall–Kier alpha value is 0.270. The molecule has 0 radical (unpaired) electrons. The lowest BCUT2D eigenvalue weighted by Gasteiger charge is -2.13. The minimum Gasteiger partial charge on any atom is -0.452 e. The van der Waals surface area contributed by atoms with E-state index in [-0.39, 0.29) is 41.6 Å². The summed E-state index contributed by atoms with van der Waals surface area (Å²) in [6, 6.07) is 4.36. The molecule has 0 spiro atoms. The quantitative estimate of drug-likeness (QED) is 0.454. The second-order valence-corrected chi connectivity index (χ2v) is 6.39. The van der Waals surface area contributed by atoms with Crippen molar-refractivity contribution in [2.75, 3.05) is 0 Å². The standard InChI is InChI=1S/C12H3Cl7O/c13-4-1-5(14)9(17)8(2-4)20-12-10(18)6(15)3-7(16)11(12)19/h1-3H. The lowest BCUT2D eigenvalue weighted by Crippen LogP contribution is -1.90. The molecule has 8 heteroatoms. The van der Waals surface area contributed by atoms with Crippen molar-refractivity contribution in [3.8, 4) is 11.5 Å². The van der Waals surface area contributed by atoms with Crippen LogP contribution in [0.25, 0.3) is 0 Å². The van der Waals surface area contributed by atoms with Crippen molar-refractivity contribution in [3.05, 3.63) is 53.4 Å². The summed E-state index contributed by atoms with van der Waals surface area (Å²) in [4.78, 5) is 0. The first-order valence-corrected chi connectivity index (χ1v) is 7.61. The van der Waals surface area contributed by atoms with Gasteiger partial charge in [-0.25, -0.2) is 0 Å². The highest BCUT2D eigenvalue weighted by molar-refractivity contribution is 6.49. The zero-order valence-electron chi connectivity index (χ0n) is 9.29. The summed E-state index contributed by atoms with van der Waals surface area (Å²) in [5, 5.41) is 1.34. The normalized spacial score (nSPS) is 10.8. The van der Waals surface area contributed by atoms with Gasteiger partial charge in [0.1, 0.15) is 20.8 Å². The zero-order valence-corrected chi connectivity index (χ0v) is 14.6. The predicted octanol–water partition coefficient (Wildman–Crippen LogP) is 8.05. The molecule has 1 nitrogen and oxygen atoms in total. The van der Waals surface area contributed by atoms with Gasteiger partial charge in [-0.1, -0.05) is 81.2 Å². The van der Waals surface area contributed by atoms with E-state index in [1.54, 1.807) is 0 Å². The van der Waals surface area contributed by atoms with E-state index in [1.165, 1.54) is 18.2 Å². The van der Waals surface area contributed by atoms with Crippen LogP contribution in [0.3, 0.4) is 0 Å². The van der Waals surface area contributed by atoms with Gasteiger partial charge in [0, 0.05) is 11.1 Å². The van der Waals surface area contributed by atoms with Crippen LogP contribution in [0.2, 0.25) is 35.2 Å². The predicted molar refractivity (Wildman–Crippen MR) is 88.0 cm³/mol. The second kappa shape index (κ2) is 6.58. The first kappa shape index (κ1) is 16.6. The molecule has 0 atom stereocenters. The van der Waals surface area contributed by atoms with Gasteiger partial charge in [-0.15, -0.1) is 0 Å². The molecule has 0 aliphatic carbocycles. The summed E-state index contributed by atoms with van der Waals surface area (Å²) in [7, 11) is 0. The fourth-order valence-electron chi connectivity index (χ4n) is 1.36. The van der Waals surface area contributed by atoms with E-state index in [4.69, 9.17) is 85.9 Å². The molecule has 0 amide bonds. The summed E-state index contributed by atoms with van der Waals surface area (Å²) in [5.41, 5.74) is 0. The third-order valence-corrected chi connectivity index (χ3v) is 4.79. The molecule has 0 N–H and O–H groups in total. The molecule has 0 aliphatic heterocycles. The number of rotatable bonds is 2. The zero-order chi connectivity index (χ0) is 15.0. The van der Waals surface area contributed by atoms with Gasteiger partial charge in [0.15, 0.2) is 5.75 Å². The third-order valence-electron chi connectivity index (χ3n) is 2.24. The van der Waals surface area contributed by atoms with E-state index in [0.29, 0.717) is 5.02 Å². The molecular formula is C12H3Cl7O. The van der Waals surface area contributed by atoms with Gasteiger partial charge >= 0.3 is 0 Å². The van der Waals surface area contributed by atoms with Crippen LogP contribution in [0, 0.1) is 0 Å². The number of ether oxygens (including phenoxy) is 1. The van der Waals surface area contributed by atoms with Gasteiger partial charge < -0.3 is 4.74 Å². The molecular weight excluding hydrogens is 408 g/mol. The molecule has 0 unspecified atom stereocenters. The van der Waals surface area contributed by atoms with E-state index in [1.807, 2.05) is 0 Å². The Kier molecular flexibility index (Phi) is 5.47. The average molecular weight is 411 g/mol. The third kappa shape index (κ3) is 3.36. The van der Waals surface area contributed by atoms with Gasteiger partial charge in [-0.2, -0.15) is 0 Å². The van der Waals surface area contributed by atoms with Crippen LogP contribution in [0.1, 0.15) is 0 Å². The Labute approximate surface area is 150 Å². The van der Waals surface area contributed by atoms with Crippen molar-refractivity contribution in [2.45, 2.75) is 0 Å². The van der Waals surface area contributed by atoms with Crippen LogP contribution in [0.4, 0.5) is 0 Å². The molecule has 0 saturated heterocycles. The highest BCUT2D eigenvalue weighted by atomic mass is 35.5. The van der Waals surface area contributed by atoms with Gasteiger partial charge in [0.25, 0.3) is 0 Å². The number of benzene rings is 2. The van der Waals surface area contributed by atoms with E-state index in [9.17, 15) is 0 Å². The fraction of sp³-hybridized carbons (Fsp3) is 0. The first-order chi connectivity index (χ1) is 9.31. The molecule has 0 aromatic heterocycles. The topological polar surface area (TPSA) is 9.23 Å². The minimum absolute atomic E-state index is 0.0751. The molecule has 2 rings (SSSR count). The van der Waals surface area contributed by atoms with Gasteiger partial charge in [-0.3, -0.25) is 0 Å². The van der Waals surface area contributed by atoms with Crippen molar-refractivity contribution in [1.29, 1.82) is 0 Å². The van der Waals surface area contributed by atoms with Crippen molar-refractivity contribution >= 4 is 81.2 Å². The van der Waals surface area contributed by atoms with E-state index in [0.717, 1.165) is 0 Å². The smallest absolute Gasteiger partial charge is 0.167 e. The molecule has 0 aliphatic rings. The Morgan fingerprint density at radius 2 is 1.10 bits per heavy atom. The van der Waals surface area contributed by atoms with E-state index >= 15 is 0 Å². The maximum atomic E-state index is 6.04. The van der Waals surface area contributed by atoms with E-state index < -0.39 is 0 Å². The Balaban J connectivity index is 2.56. The average Bonchev–Trinajstić information content (AvgIpc) is 2.37. The fourth-order valence-corrected chi connectivity index (χ4v) is 2.85. The van der Waals surface area contributed by atoms with Crippen molar-refractivity contribution in [3.63, 3.8) is 0 Å². The van der Waals surface area contributed by atoms with Crippen LogP contribution in [-0.2, 0) is 0 Å². The van der Waals surface area contributed by atoms with Gasteiger partial charge in [-0.05, 0) is 12.1 Å². The summed E-state index contributed by atoms with van der Waals surface area (Å²) in [5.74, 6) is 0.261. The highest BCUT2D eigenvalue weighted by Gasteiger charge is 2.18. The largest absolute Gasteiger partial charge is 0.452 e. The highest BCUT2D eigenvalue weighted by Crippen LogP contribution is 2.47. The van der Waals surface area contributed by atoms with Gasteiger partial charge in [0.05, 0.1) is 15.1 Å². The van der Waals surface area contributed by atoms with Gasteiger partial charge in [0.2, 0.25) is 0 Å². The molecule has 2 aromatic rings. The van der Waals surface area contributed by atoms with Crippen LogP contribution >= 0.6 is 81.2 Å². The van der Waals surface area contributed by atoms with Crippen LogP contribution < -0.4 is 4.74 Å². The Morgan fingerprint density at radius 3 is 1.65 bits per heavy atom. The number of halogens is 7. The van der Waals surface area contributed by atoms with Crippen molar-refractivity contribution in [1.82, 2.24) is 0 Å². The van der Waals surface area contributed by atoms with E-state index in [2.05, 4.69) is 0 Å². The van der Waals surface area contributed by atoms with Crippen molar-refractivity contribution < 1.29 is 4.74 Å². The molecule has 0 bridgehead atoms. The Bertz CT molecular complexity index is 658. The monoisotopic (exact) mass is 408 g/mol. The maximum absolute atomic E-state index is 6.04. The summed E-state index contributed by atoms with van der Waals surface area (Å²) < 4.78 is 5.56. The lowest BCUT2D eigenvalue weighted by molar-refractivity contribution is 0.483.